The molecule has 1 aromatic carbocycles. The summed E-state index contributed by atoms with van der Waals surface area (Å²) in [6, 6.07) is 2.96. The van der Waals surface area contributed by atoms with Crippen LogP contribution in [0.1, 0.15) is 53.3 Å². The molecule has 2 saturated heterocycles. The van der Waals surface area contributed by atoms with Gasteiger partial charge in [-0.05, 0) is 78.0 Å². The van der Waals surface area contributed by atoms with Crippen LogP contribution in [-0.4, -0.2) is 72.9 Å². The van der Waals surface area contributed by atoms with E-state index in [-0.39, 0.29) is 41.0 Å². The lowest BCUT2D eigenvalue weighted by Crippen LogP contribution is -2.56. The average molecular weight is 552 g/mol. The normalized spacial score (nSPS) is 20.3. The summed E-state index contributed by atoms with van der Waals surface area (Å²) in [5, 5.41) is 10.5. The molecule has 2 bridgehead atoms. The molecule has 10 nitrogen and oxygen atoms in total. The number of aromatic nitrogens is 3. The van der Waals surface area contributed by atoms with Crippen molar-refractivity contribution in [2.24, 2.45) is 0 Å². The van der Waals surface area contributed by atoms with Crippen molar-refractivity contribution in [2.45, 2.75) is 83.8 Å². The third-order valence-corrected chi connectivity index (χ3v) is 7.40. The lowest BCUT2D eigenvalue weighted by atomic mass is 10.1. The number of aryl methyl sites for hydroxylation is 1. The van der Waals surface area contributed by atoms with Gasteiger partial charge >= 0.3 is 12.2 Å². The fourth-order valence-electron chi connectivity index (χ4n) is 4.70. The molecule has 2 aromatic heterocycles. The zero-order chi connectivity index (χ0) is 27.6. The van der Waals surface area contributed by atoms with Crippen molar-refractivity contribution >= 4 is 34.7 Å². The fourth-order valence-corrected chi connectivity index (χ4v) is 5.39. The molecule has 2 aliphatic heterocycles. The number of nitrogens with zero attached hydrogens (tertiary/aromatic N) is 5. The number of carbonyl (C=O) groups excluding carboxylic acids is 1. The van der Waals surface area contributed by atoms with Gasteiger partial charge in [-0.15, -0.1) is 0 Å². The Morgan fingerprint density at radius 2 is 1.79 bits per heavy atom. The van der Waals surface area contributed by atoms with E-state index >= 15 is 0 Å². The molecule has 3 aromatic rings. The molecule has 2 unspecified atom stereocenters. The number of rotatable bonds is 5. The lowest BCUT2D eigenvalue weighted by Gasteiger charge is -2.40. The number of carbonyl (C=O) groups is 1. The van der Waals surface area contributed by atoms with Crippen molar-refractivity contribution in [3.8, 4) is 16.3 Å². The van der Waals surface area contributed by atoms with E-state index in [4.69, 9.17) is 13.9 Å². The summed E-state index contributed by atoms with van der Waals surface area (Å²) in [4.78, 5) is 25.5. The number of ether oxygens (including phenoxy) is 2. The van der Waals surface area contributed by atoms with Crippen LogP contribution in [0.25, 0.3) is 21.7 Å². The molecule has 0 radical (unpaired) electrons. The van der Waals surface area contributed by atoms with E-state index in [1.807, 2.05) is 25.7 Å². The zero-order valence-corrected chi connectivity index (χ0v) is 22.9. The van der Waals surface area contributed by atoms with Crippen LogP contribution in [0.5, 0.6) is 5.75 Å². The third-order valence-electron chi connectivity index (χ3n) is 6.56. The van der Waals surface area contributed by atoms with Crippen LogP contribution in [0.4, 0.5) is 19.6 Å². The Labute approximate surface area is 222 Å². The minimum atomic E-state index is -3.89. The molecule has 0 aliphatic carbocycles. The number of amides is 1. The molecule has 13 heteroatoms. The van der Waals surface area contributed by atoms with Crippen molar-refractivity contribution in [1.29, 1.82) is 0 Å². The molecule has 206 valence electrons. The largest absolute Gasteiger partial charge is 0.444 e. The Balaban J connectivity index is 1.50. The number of halogens is 2. The fraction of sp³-hybridized carbons (Fsp3) is 0.600. The Kier molecular flexibility index (Phi) is 6.29. The number of alkyl halides is 2. The number of hydrogen-bond donors (Lipinski definition) is 1. The first-order chi connectivity index (χ1) is 17.6. The van der Waals surface area contributed by atoms with Gasteiger partial charge in [0.1, 0.15) is 16.4 Å². The van der Waals surface area contributed by atoms with E-state index in [0.29, 0.717) is 29.5 Å². The van der Waals surface area contributed by atoms with Crippen molar-refractivity contribution in [1.82, 2.24) is 19.2 Å². The molecule has 38 heavy (non-hydrogen) atoms. The highest BCUT2D eigenvalue weighted by Gasteiger charge is 2.49. The quantitative estimate of drug-likeness (QED) is 0.469. The van der Waals surface area contributed by atoms with Crippen LogP contribution in [0.2, 0.25) is 0 Å². The van der Waals surface area contributed by atoms with Crippen LogP contribution in [-0.2, 0) is 4.74 Å². The first kappa shape index (κ1) is 26.5. The number of anilines is 1. The van der Waals surface area contributed by atoms with Crippen LogP contribution < -0.4 is 9.64 Å². The lowest BCUT2D eigenvalue weighted by molar-refractivity contribution is -0.275. The Bertz CT molecular complexity index is 1350. The van der Waals surface area contributed by atoms with Gasteiger partial charge < -0.3 is 23.9 Å². The van der Waals surface area contributed by atoms with E-state index in [1.54, 1.807) is 17.9 Å². The summed E-state index contributed by atoms with van der Waals surface area (Å²) in [6.07, 6.45) is -2.62. The maximum absolute atomic E-state index is 14.7. The standard InChI is InChI=1S/C25H31F2N5O5S/c1-13-28-20(38-30-13)16-9-10-17(36-25(26,27)24(5,6)34)18-19(16)35-21(29-18)31-11-14-7-8-15(12-31)32(14)22(33)37-23(2,3)4/h9-10,14-15,34H,7-8,11-12H2,1-6H3. The van der Waals surface area contributed by atoms with Gasteiger partial charge in [-0.1, -0.05) is 0 Å². The molecule has 1 N–H and O–H groups in total. The van der Waals surface area contributed by atoms with E-state index in [9.17, 15) is 18.7 Å². The number of aliphatic hydroxyl groups is 1. The second-order valence-electron chi connectivity index (χ2n) is 11.3. The highest BCUT2D eigenvalue weighted by Crippen LogP contribution is 2.42. The molecule has 2 atom stereocenters. The summed E-state index contributed by atoms with van der Waals surface area (Å²) in [5.41, 5.74) is -2.19. The predicted octanol–water partition coefficient (Wildman–Crippen LogP) is 4.99. The van der Waals surface area contributed by atoms with Gasteiger partial charge in [0.25, 0.3) is 6.01 Å². The minimum Gasteiger partial charge on any atom is -0.444 e. The van der Waals surface area contributed by atoms with E-state index < -0.39 is 17.3 Å². The highest BCUT2D eigenvalue weighted by atomic mass is 32.1. The number of fused-ring (bicyclic) bond motifs is 3. The van der Waals surface area contributed by atoms with Crippen molar-refractivity contribution in [3.05, 3.63) is 18.0 Å². The van der Waals surface area contributed by atoms with Gasteiger partial charge in [-0.2, -0.15) is 18.1 Å². The molecular formula is C25H31F2N5O5S. The second-order valence-corrected chi connectivity index (χ2v) is 12.0. The maximum atomic E-state index is 14.7. The summed E-state index contributed by atoms with van der Waals surface area (Å²) in [7, 11) is 0. The number of benzene rings is 1. The van der Waals surface area contributed by atoms with Crippen LogP contribution in [0, 0.1) is 6.92 Å². The molecule has 2 fully saturated rings. The number of oxazole rings is 1. The second kappa shape index (κ2) is 9.01. The SMILES string of the molecule is Cc1nsc(-c2ccc(OC(F)(F)C(C)(C)O)c3nc(N4CC5CCC(C4)N5C(=O)OC(C)(C)C)oc23)n1. The number of hydrogen-bond acceptors (Lipinski definition) is 10. The molecular weight excluding hydrogens is 520 g/mol. The van der Waals surface area contributed by atoms with Gasteiger partial charge in [0, 0.05) is 13.1 Å². The molecule has 2 aliphatic rings. The molecule has 5 rings (SSSR count). The molecule has 4 heterocycles. The van der Waals surface area contributed by atoms with E-state index in [2.05, 4.69) is 14.3 Å². The highest BCUT2D eigenvalue weighted by molar-refractivity contribution is 7.09. The smallest absolute Gasteiger partial charge is 0.426 e. The van der Waals surface area contributed by atoms with Crippen molar-refractivity contribution in [3.63, 3.8) is 0 Å². The first-order valence-electron chi connectivity index (χ1n) is 12.4. The minimum absolute atomic E-state index is 0.0798. The van der Waals surface area contributed by atoms with Gasteiger partial charge in [-0.3, -0.25) is 4.90 Å². The van der Waals surface area contributed by atoms with Crippen LogP contribution >= 0.6 is 11.5 Å². The van der Waals surface area contributed by atoms with E-state index in [1.165, 1.54) is 6.07 Å². The summed E-state index contributed by atoms with van der Waals surface area (Å²) in [5.74, 6) is 0.337. The Hall–Kier alpha value is -3.06. The molecule has 1 amide bonds. The monoisotopic (exact) mass is 551 g/mol. The predicted molar refractivity (Wildman–Crippen MR) is 137 cm³/mol. The Morgan fingerprint density at radius 1 is 1.13 bits per heavy atom. The van der Waals surface area contributed by atoms with Crippen LogP contribution in [0.15, 0.2) is 16.5 Å². The maximum Gasteiger partial charge on any atom is 0.426 e. The molecule has 0 saturated carbocycles. The van der Waals surface area contributed by atoms with Gasteiger partial charge in [-0.25, -0.2) is 9.78 Å². The molecule has 0 spiro atoms. The summed E-state index contributed by atoms with van der Waals surface area (Å²) in [6.45, 7) is 10.1. The van der Waals surface area contributed by atoms with Crippen molar-refractivity contribution < 1.29 is 32.6 Å². The average Bonchev–Trinajstić information content (AvgIpc) is 3.48. The Morgan fingerprint density at radius 3 is 2.34 bits per heavy atom. The summed E-state index contributed by atoms with van der Waals surface area (Å²) < 4.78 is 50.3. The number of piperazine rings is 1. The van der Waals surface area contributed by atoms with Gasteiger partial charge in [0.2, 0.25) is 0 Å². The van der Waals surface area contributed by atoms with E-state index in [0.717, 1.165) is 38.2 Å². The van der Waals surface area contributed by atoms with Crippen LogP contribution in [0.3, 0.4) is 0 Å². The summed E-state index contributed by atoms with van der Waals surface area (Å²) >= 11 is 1.15. The van der Waals surface area contributed by atoms with Crippen molar-refractivity contribution in [2.75, 3.05) is 18.0 Å². The third kappa shape index (κ3) is 4.89. The topological polar surface area (TPSA) is 114 Å². The van der Waals surface area contributed by atoms with Gasteiger partial charge in [0.05, 0.1) is 17.6 Å². The zero-order valence-electron chi connectivity index (χ0n) is 22.1. The first-order valence-corrected chi connectivity index (χ1v) is 13.2. The van der Waals surface area contributed by atoms with Gasteiger partial charge in [0.15, 0.2) is 22.5 Å².